The van der Waals surface area contributed by atoms with Gasteiger partial charge >= 0.3 is 5.63 Å². The number of aromatic hydroxyl groups is 2. The van der Waals surface area contributed by atoms with Crippen molar-refractivity contribution in [1.29, 1.82) is 0 Å². The quantitative estimate of drug-likeness (QED) is 0.457. The Morgan fingerprint density at radius 3 is 2.59 bits per heavy atom. The van der Waals surface area contributed by atoms with Gasteiger partial charge in [-0.15, -0.1) is 0 Å². The molecule has 4 nitrogen and oxygen atoms in total. The van der Waals surface area contributed by atoms with Crippen molar-refractivity contribution in [1.82, 2.24) is 0 Å². The van der Waals surface area contributed by atoms with Crippen LogP contribution in [0.25, 0.3) is 21.7 Å². The highest BCUT2D eigenvalue weighted by molar-refractivity contribution is 6.06. The SMILES string of the molecule is O=c1oc2c(O)cccc2c2ccc(O)cc12. The normalized spacial score (nSPS) is 11.1. The molecule has 4 heteroatoms. The van der Waals surface area contributed by atoms with Gasteiger partial charge in [-0.25, -0.2) is 4.79 Å². The van der Waals surface area contributed by atoms with E-state index in [0.717, 1.165) is 0 Å². The minimum absolute atomic E-state index is 0.00398. The van der Waals surface area contributed by atoms with Crippen LogP contribution in [0.1, 0.15) is 0 Å². The van der Waals surface area contributed by atoms with E-state index in [1.165, 1.54) is 18.2 Å². The topological polar surface area (TPSA) is 70.7 Å². The fraction of sp³-hybridized carbons (Fsp3) is 0. The molecule has 0 aliphatic rings. The van der Waals surface area contributed by atoms with E-state index in [0.29, 0.717) is 16.2 Å². The van der Waals surface area contributed by atoms with Gasteiger partial charge in [0.15, 0.2) is 11.3 Å². The van der Waals surface area contributed by atoms with E-state index >= 15 is 0 Å². The largest absolute Gasteiger partial charge is 0.508 e. The van der Waals surface area contributed by atoms with E-state index < -0.39 is 5.63 Å². The highest BCUT2D eigenvalue weighted by atomic mass is 16.4. The number of fused-ring (bicyclic) bond motifs is 3. The minimum atomic E-state index is -0.579. The highest BCUT2D eigenvalue weighted by Crippen LogP contribution is 2.29. The van der Waals surface area contributed by atoms with Crippen molar-refractivity contribution in [2.75, 3.05) is 0 Å². The lowest BCUT2D eigenvalue weighted by Gasteiger charge is -2.03. The van der Waals surface area contributed by atoms with Gasteiger partial charge in [-0.1, -0.05) is 12.1 Å². The summed E-state index contributed by atoms with van der Waals surface area (Å²) in [6, 6.07) is 9.35. The third-order valence-corrected chi connectivity index (χ3v) is 2.70. The fourth-order valence-corrected chi connectivity index (χ4v) is 1.93. The summed E-state index contributed by atoms with van der Waals surface area (Å²) in [6.45, 7) is 0. The Kier molecular flexibility index (Phi) is 1.86. The van der Waals surface area contributed by atoms with Crippen molar-refractivity contribution in [2.45, 2.75) is 0 Å². The molecule has 0 radical (unpaired) electrons. The average Bonchev–Trinajstić information content (AvgIpc) is 2.31. The molecule has 3 rings (SSSR count). The molecule has 3 aromatic rings. The van der Waals surface area contributed by atoms with Crippen LogP contribution in [0.3, 0.4) is 0 Å². The molecule has 0 spiro atoms. The monoisotopic (exact) mass is 228 g/mol. The zero-order valence-electron chi connectivity index (χ0n) is 8.68. The van der Waals surface area contributed by atoms with Gasteiger partial charge in [0.2, 0.25) is 0 Å². The van der Waals surface area contributed by atoms with Crippen molar-refractivity contribution < 1.29 is 14.6 Å². The van der Waals surface area contributed by atoms with Crippen LogP contribution < -0.4 is 5.63 Å². The summed E-state index contributed by atoms with van der Waals surface area (Å²) in [7, 11) is 0. The highest BCUT2D eigenvalue weighted by Gasteiger charge is 2.10. The first-order chi connectivity index (χ1) is 8.16. The van der Waals surface area contributed by atoms with Gasteiger partial charge in [-0.05, 0) is 24.3 Å². The molecule has 2 N–H and O–H groups in total. The van der Waals surface area contributed by atoms with Crippen molar-refractivity contribution in [2.24, 2.45) is 0 Å². The molecule has 84 valence electrons. The Balaban J connectivity index is 2.65. The number of para-hydroxylation sites is 1. The van der Waals surface area contributed by atoms with Crippen LogP contribution in [0.5, 0.6) is 11.5 Å². The molecule has 17 heavy (non-hydrogen) atoms. The fourth-order valence-electron chi connectivity index (χ4n) is 1.93. The molecular formula is C13H8O4. The summed E-state index contributed by atoms with van der Waals surface area (Å²) in [4.78, 5) is 11.7. The van der Waals surface area contributed by atoms with Gasteiger partial charge in [0.25, 0.3) is 0 Å². The molecule has 0 saturated heterocycles. The van der Waals surface area contributed by atoms with E-state index in [2.05, 4.69) is 0 Å². The van der Waals surface area contributed by atoms with Crippen LogP contribution in [0.4, 0.5) is 0 Å². The molecule has 0 fully saturated rings. The first kappa shape index (κ1) is 9.72. The molecular weight excluding hydrogens is 220 g/mol. The lowest BCUT2D eigenvalue weighted by molar-refractivity contribution is 0.458. The molecule has 0 amide bonds. The predicted octanol–water partition coefficient (Wildman–Crippen LogP) is 2.36. The summed E-state index contributed by atoms with van der Waals surface area (Å²) in [5.41, 5.74) is -0.416. The number of hydrogen-bond donors (Lipinski definition) is 2. The molecule has 0 atom stereocenters. The lowest BCUT2D eigenvalue weighted by atomic mass is 10.1. The van der Waals surface area contributed by atoms with E-state index in [4.69, 9.17) is 4.42 Å². The lowest BCUT2D eigenvalue weighted by Crippen LogP contribution is -1.99. The van der Waals surface area contributed by atoms with Crippen molar-refractivity contribution in [3.8, 4) is 11.5 Å². The molecule has 0 aliphatic carbocycles. The summed E-state index contributed by atoms with van der Waals surface area (Å²) >= 11 is 0. The molecule has 2 aromatic carbocycles. The third-order valence-electron chi connectivity index (χ3n) is 2.70. The number of hydrogen-bond acceptors (Lipinski definition) is 4. The van der Waals surface area contributed by atoms with Gasteiger partial charge in [0.1, 0.15) is 5.75 Å². The van der Waals surface area contributed by atoms with Crippen molar-refractivity contribution in [3.63, 3.8) is 0 Å². The van der Waals surface area contributed by atoms with Gasteiger partial charge in [-0.2, -0.15) is 0 Å². The first-order valence-corrected chi connectivity index (χ1v) is 5.04. The maximum absolute atomic E-state index is 11.7. The molecule has 0 saturated carbocycles. The second-order valence-corrected chi connectivity index (χ2v) is 3.77. The van der Waals surface area contributed by atoms with Gasteiger partial charge in [-0.3, -0.25) is 0 Å². The summed E-state index contributed by atoms with van der Waals surface area (Å²) in [5, 5.41) is 20.6. The van der Waals surface area contributed by atoms with Crippen LogP contribution in [0.2, 0.25) is 0 Å². The Labute approximate surface area is 95.3 Å². The molecule has 1 heterocycles. The van der Waals surface area contributed by atoms with Crippen molar-refractivity contribution >= 4 is 21.7 Å². The van der Waals surface area contributed by atoms with Crippen LogP contribution in [0, 0.1) is 0 Å². The minimum Gasteiger partial charge on any atom is -0.508 e. The summed E-state index contributed by atoms with van der Waals surface area (Å²) < 4.78 is 5.04. The van der Waals surface area contributed by atoms with Crippen LogP contribution in [-0.4, -0.2) is 10.2 Å². The smallest absolute Gasteiger partial charge is 0.344 e. The summed E-state index contributed by atoms with van der Waals surface area (Å²) in [6.07, 6.45) is 0. The summed E-state index contributed by atoms with van der Waals surface area (Å²) in [5.74, 6) is -0.0705. The van der Waals surface area contributed by atoms with Crippen molar-refractivity contribution in [3.05, 3.63) is 46.8 Å². The molecule has 0 bridgehead atoms. The second kappa shape index (κ2) is 3.25. The maximum atomic E-state index is 11.7. The van der Waals surface area contributed by atoms with Gasteiger partial charge in [0.05, 0.1) is 5.39 Å². The number of phenols is 2. The number of phenolic OH excluding ortho intramolecular Hbond substituents is 2. The van der Waals surface area contributed by atoms with E-state index in [1.54, 1.807) is 18.2 Å². The Morgan fingerprint density at radius 1 is 0.941 bits per heavy atom. The van der Waals surface area contributed by atoms with Crippen LogP contribution in [0.15, 0.2) is 45.6 Å². The zero-order chi connectivity index (χ0) is 12.0. The molecule has 1 aromatic heterocycles. The average molecular weight is 228 g/mol. The van der Waals surface area contributed by atoms with Gasteiger partial charge < -0.3 is 14.6 Å². The van der Waals surface area contributed by atoms with E-state index in [1.807, 2.05) is 0 Å². The number of rotatable bonds is 0. The van der Waals surface area contributed by atoms with Crippen LogP contribution in [-0.2, 0) is 0 Å². The second-order valence-electron chi connectivity index (χ2n) is 3.77. The van der Waals surface area contributed by atoms with E-state index in [-0.39, 0.29) is 17.1 Å². The van der Waals surface area contributed by atoms with Gasteiger partial charge in [0, 0.05) is 10.8 Å². The Hall–Kier alpha value is -2.49. The number of benzene rings is 2. The Bertz CT molecular complexity index is 786. The standard InChI is InChI=1S/C13H8O4/c14-7-4-5-8-9-2-1-3-11(15)12(9)17-13(16)10(8)6-7/h1-6,14-15H. The Morgan fingerprint density at radius 2 is 1.76 bits per heavy atom. The predicted molar refractivity (Wildman–Crippen MR) is 63.3 cm³/mol. The van der Waals surface area contributed by atoms with E-state index in [9.17, 15) is 15.0 Å². The molecule has 0 unspecified atom stereocenters. The zero-order valence-corrected chi connectivity index (χ0v) is 8.68. The first-order valence-electron chi connectivity index (χ1n) is 5.04. The molecule has 0 aliphatic heterocycles. The third kappa shape index (κ3) is 1.34. The maximum Gasteiger partial charge on any atom is 0.344 e. The van der Waals surface area contributed by atoms with Crippen LogP contribution >= 0.6 is 0 Å².